The maximum absolute atomic E-state index is 12.4. The Morgan fingerprint density at radius 3 is 2.61 bits per heavy atom. The van der Waals surface area contributed by atoms with Crippen molar-refractivity contribution in [1.29, 1.82) is 0 Å². The van der Waals surface area contributed by atoms with Crippen LogP contribution in [0.2, 0.25) is 0 Å². The van der Waals surface area contributed by atoms with Crippen LogP contribution < -0.4 is 0 Å². The van der Waals surface area contributed by atoms with E-state index in [0.29, 0.717) is 6.42 Å². The standard InChI is InChI=1S/C17H20O/c1-3-4-5-10-16(18)17-13(2)11-12-14-8-6-7-9-15(14)17/h6-9,11-12H,3-5,10H2,1-2H3. The Morgan fingerprint density at radius 2 is 1.83 bits per heavy atom. The van der Waals surface area contributed by atoms with E-state index in [1.165, 1.54) is 0 Å². The van der Waals surface area contributed by atoms with Crippen molar-refractivity contribution in [2.45, 2.75) is 39.5 Å². The number of rotatable bonds is 5. The minimum Gasteiger partial charge on any atom is -0.294 e. The number of aryl methyl sites for hydroxylation is 1. The van der Waals surface area contributed by atoms with Gasteiger partial charge in [-0.1, -0.05) is 56.2 Å². The average Bonchev–Trinajstić information content (AvgIpc) is 2.38. The van der Waals surface area contributed by atoms with Gasteiger partial charge in [0.2, 0.25) is 0 Å². The largest absolute Gasteiger partial charge is 0.294 e. The molecule has 0 unspecified atom stereocenters. The van der Waals surface area contributed by atoms with E-state index in [-0.39, 0.29) is 5.78 Å². The summed E-state index contributed by atoms with van der Waals surface area (Å²) in [5, 5.41) is 2.25. The zero-order valence-electron chi connectivity index (χ0n) is 11.2. The Morgan fingerprint density at radius 1 is 1.06 bits per heavy atom. The first-order chi connectivity index (χ1) is 8.74. The van der Waals surface area contributed by atoms with E-state index in [1.54, 1.807) is 0 Å². The molecule has 0 aromatic heterocycles. The van der Waals surface area contributed by atoms with Crippen molar-refractivity contribution in [1.82, 2.24) is 0 Å². The highest BCUT2D eigenvalue weighted by molar-refractivity contribution is 6.09. The van der Waals surface area contributed by atoms with Gasteiger partial charge < -0.3 is 0 Å². The molecule has 0 saturated carbocycles. The maximum atomic E-state index is 12.4. The summed E-state index contributed by atoms with van der Waals surface area (Å²) in [4.78, 5) is 12.4. The highest BCUT2D eigenvalue weighted by Gasteiger charge is 2.12. The van der Waals surface area contributed by atoms with Crippen LogP contribution in [-0.4, -0.2) is 5.78 Å². The van der Waals surface area contributed by atoms with Crippen LogP contribution in [-0.2, 0) is 0 Å². The number of benzene rings is 2. The Balaban J connectivity index is 2.36. The Bertz CT molecular complexity index is 555. The third-order valence-corrected chi connectivity index (χ3v) is 3.42. The molecule has 0 aliphatic rings. The number of carbonyl (C=O) groups is 1. The fraction of sp³-hybridized carbons (Fsp3) is 0.353. The molecular weight excluding hydrogens is 220 g/mol. The molecule has 0 aliphatic carbocycles. The van der Waals surface area contributed by atoms with Crippen molar-refractivity contribution in [2.24, 2.45) is 0 Å². The van der Waals surface area contributed by atoms with E-state index < -0.39 is 0 Å². The zero-order chi connectivity index (χ0) is 13.0. The van der Waals surface area contributed by atoms with Gasteiger partial charge in [-0.3, -0.25) is 4.79 Å². The molecule has 18 heavy (non-hydrogen) atoms. The van der Waals surface area contributed by atoms with Crippen LogP contribution in [0.25, 0.3) is 10.8 Å². The SMILES string of the molecule is CCCCCC(=O)c1c(C)ccc2ccccc12. The first kappa shape index (κ1) is 12.8. The van der Waals surface area contributed by atoms with E-state index in [1.807, 2.05) is 19.1 Å². The van der Waals surface area contributed by atoms with Gasteiger partial charge in [0.1, 0.15) is 0 Å². The Kier molecular flexibility index (Phi) is 4.14. The number of ketones is 1. The summed E-state index contributed by atoms with van der Waals surface area (Å²) in [7, 11) is 0. The van der Waals surface area contributed by atoms with Crippen molar-refractivity contribution >= 4 is 16.6 Å². The summed E-state index contributed by atoms with van der Waals surface area (Å²) >= 11 is 0. The molecule has 0 saturated heterocycles. The van der Waals surface area contributed by atoms with Crippen molar-refractivity contribution in [2.75, 3.05) is 0 Å². The van der Waals surface area contributed by atoms with E-state index in [9.17, 15) is 4.79 Å². The van der Waals surface area contributed by atoms with Crippen LogP contribution in [0.1, 0.15) is 48.5 Å². The molecule has 2 rings (SSSR count). The Hall–Kier alpha value is -1.63. The summed E-state index contributed by atoms with van der Waals surface area (Å²) in [5.41, 5.74) is 2.01. The molecule has 0 atom stereocenters. The van der Waals surface area contributed by atoms with Gasteiger partial charge in [0, 0.05) is 12.0 Å². The second-order valence-electron chi connectivity index (χ2n) is 4.86. The smallest absolute Gasteiger partial charge is 0.163 e. The lowest BCUT2D eigenvalue weighted by Gasteiger charge is -2.09. The third-order valence-electron chi connectivity index (χ3n) is 3.42. The molecule has 1 heteroatoms. The minimum atomic E-state index is 0.290. The lowest BCUT2D eigenvalue weighted by Crippen LogP contribution is -2.02. The third kappa shape index (κ3) is 2.61. The fourth-order valence-electron chi connectivity index (χ4n) is 2.41. The number of unbranched alkanes of at least 4 members (excludes halogenated alkanes) is 2. The fourth-order valence-corrected chi connectivity index (χ4v) is 2.41. The van der Waals surface area contributed by atoms with Crippen LogP contribution in [0.15, 0.2) is 36.4 Å². The van der Waals surface area contributed by atoms with Gasteiger partial charge in [-0.25, -0.2) is 0 Å². The molecule has 0 spiro atoms. The van der Waals surface area contributed by atoms with Gasteiger partial charge in [0.25, 0.3) is 0 Å². The topological polar surface area (TPSA) is 17.1 Å². The van der Waals surface area contributed by atoms with E-state index in [2.05, 4.69) is 31.2 Å². The number of fused-ring (bicyclic) bond motifs is 1. The summed E-state index contributed by atoms with van der Waals surface area (Å²) in [6.45, 7) is 4.19. The van der Waals surface area contributed by atoms with Crippen molar-refractivity contribution in [3.05, 3.63) is 47.5 Å². The molecule has 0 heterocycles. The number of hydrogen-bond acceptors (Lipinski definition) is 1. The molecule has 0 aliphatic heterocycles. The van der Waals surface area contributed by atoms with Gasteiger partial charge in [0.05, 0.1) is 0 Å². The number of carbonyl (C=O) groups excluding carboxylic acids is 1. The predicted molar refractivity (Wildman–Crippen MR) is 77.2 cm³/mol. The second kappa shape index (κ2) is 5.81. The first-order valence-corrected chi connectivity index (χ1v) is 6.75. The molecular formula is C17H20O. The van der Waals surface area contributed by atoms with Crippen LogP contribution >= 0.6 is 0 Å². The van der Waals surface area contributed by atoms with Crippen LogP contribution in [0.3, 0.4) is 0 Å². The van der Waals surface area contributed by atoms with Gasteiger partial charge in [-0.15, -0.1) is 0 Å². The number of Topliss-reactive ketones (excluding diaryl/α,β-unsaturated/α-hetero) is 1. The van der Waals surface area contributed by atoms with Gasteiger partial charge >= 0.3 is 0 Å². The van der Waals surface area contributed by atoms with E-state index in [4.69, 9.17) is 0 Å². The highest BCUT2D eigenvalue weighted by Crippen LogP contribution is 2.24. The van der Waals surface area contributed by atoms with Crippen LogP contribution in [0.5, 0.6) is 0 Å². The zero-order valence-corrected chi connectivity index (χ0v) is 11.2. The lowest BCUT2D eigenvalue weighted by atomic mass is 9.94. The summed E-state index contributed by atoms with van der Waals surface area (Å²) in [6.07, 6.45) is 3.96. The normalized spacial score (nSPS) is 10.8. The van der Waals surface area contributed by atoms with E-state index in [0.717, 1.165) is 41.2 Å². The minimum absolute atomic E-state index is 0.290. The van der Waals surface area contributed by atoms with Gasteiger partial charge in [-0.05, 0) is 29.7 Å². The molecule has 0 bridgehead atoms. The van der Waals surface area contributed by atoms with Crippen molar-refractivity contribution < 1.29 is 4.79 Å². The summed E-state index contributed by atoms with van der Waals surface area (Å²) in [6, 6.07) is 12.3. The molecule has 0 fully saturated rings. The van der Waals surface area contributed by atoms with Crippen LogP contribution in [0, 0.1) is 6.92 Å². The summed E-state index contributed by atoms with van der Waals surface area (Å²) in [5.74, 6) is 0.290. The Labute approximate surface area is 109 Å². The molecule has 94 valence electrons. The second-order valence-corrected chi connectivity index (χ2v) is 4.86. The monoisotopic (exact) mass is 240 g/mol. The van der Waals surface area contributed by atoms with E-state index >= 15 is 0 Å². The number of hydrogen-bond donors (Lipinski definition) is 0. The van der Waals surface area contributed by atoms with Crippen molar-refractivity contribution in [3.8, 4) is 0 Å². The quantitative estimate of drug-likeness (QED) is 0.536. The lowest BCUT2D eigenvalue weighted by molar-refractivity contribution is 0.0980. The molecule has 0 amide bonds. The van der Waals surface area contributed by atoms with Gasteiger partial charge in [-0.2, -0.15) is 0 Å². The highest BCUT2D eigenvalue weighted by atomic mass is 16.1. The summed E-state index contributed by atoms with van der Waals surface area (Å²) < 4.78 is 0. The van der Waals surface area contributed by atoms with Gasteiger partial charge in [0.15, 0.2) is 5.78 Å². The molecule has 2 aromatic carbocycles. The maximum Gasteiger partial charge on any atom is 0.163 e. The van der Waals surface area contributed by atoms with Crippen molar-refractivity contribution in [3.63, 3.8) is 0 Å². The predicted octanol–water partition coefficient (Wildman–Crippen LogP) is 4.91. The average molecular weight is 240 g/mol. The molecule has 0 N–H and O–H groups in total. The molecule has 2 aromatic rings. The van der Waals surface area contributed by atoms with Crippen LogP contribution in [0.4, 0.5) is 0 Å². The first-order valence-electron chi connectivity index (χ1n) is 6.75. The molecule has 1 nitrogen and oxygen atoms in total. The molecule has 0 radical (unpaired) electrons.